The van der Waals surface area contributed by atoms with Gasteiger partial charge in [0.05, 0.1) is 22.4 Å². The average Bonchev–Trinajstić information content (AvgIpc) is 3.27. The van der Waals surface area contributed by atoms with Gasteiger partial charge in [0.2, 0.25) is 5.89 Å². The fraction of sp³-hybridized carbons (Fsp3) is 0.550. The minimum Gasteiger partial charge on any atom is -0.441 e. The molecule has 1 aromatic carbocycles. The molecule has 2 fully saturated rings. The monoisotopic (exact) mass is 375 g/mol. The van der Waals surface area contributed by atoms with E-state index in [9.17, 15) is 0 Å². The summed E-state index contributed by atoms with van der Waals surface area (Å²) in [6.45, 7) is 9.12. The van der Waals surface area contributed by atoms with E-state index in [0.717, 1.165) is 62.9 Å². The first kappa shape index (κ1) is 18.0. The van der Waals surface area contributed by atoms with Gasteiger partial charge >= 0.3 is 0 Å². The molecule has 2 saturated heterocycles. The summed E-state index contributed by atoms with van der Waals surface area (Å²) in [6, 6.07) is 7.68. The number of ether oxygens (including phenoxy) is 1. The Bertz CT molecular complexity index is 734. The minimum atomic E-state index is 0.442. The first-order valence-electron chi connectivity index (χ1n) is 9.46. The van der Waals surface area contributed by atoms with Crippen LogP contribution in [0.2, 0.25) is 5.02 Å². The first-order valence-corrected chi connectivity index (χ1v) is 9.84. The third kappa shape index (κ3) is 4.12. The largest absolute Gasteiger partial charge is 0.441 e. The number of halogens is 1. The molecule has 5 nitrogen and oxygen atoms in total. The molecule has 0 saturated carbocycles. The first-order chi connectivity index (χ1) is 12.7. The molecule has 0 bridgehead atoms. The standard InChI is InChI=1S/C20H26ClN3O2/c1-15-19(22-20(26-15)17-6-2-3-7-18(17)21)14-24-10-8-23(9-11-24)13-16-5-4-12-25-16/h2-3,6-7,16H,4-5,8-14H2,1H3. The van der Waals surface area contributed by atoms with Gasteiger partial charge in [-0.15, -0.1) is 0 Å². The van der Waals surface area contributed by atoms with Crippen molar-refractivity contribution >= 4 is 11.6 Å². The van der Waals surface area contributed by atoms with Crippen LogP contribution >= 0.6 is 11.6 Å². The third-order valence-corrected chi connectivity index (χ3v) is 5.65. The van der Waals surface area contributed by atoms with Crippen LogP contribution < -0.4 is 0 Å². The van der Waals surface area contributed by atoms with Gasteiger partial charge < -0.3 is 9.15 Å². The maximum absolute atomic E-state index is 6.27. The van der Waals surface area contributed by atoms with Crippen molar-refractivity contribution in [3.05, 3.63) is 40.7 Å². The lowest BCUT2D eigenvalue weighted by Crippen LogP contribution is -2.48. The number of nitrogens with zero attached hydrogens (tertiary/aromatic N) is 3. The Labute approximate surface area is 159 Å². The molecular weight excluding hydrogens is 350 g/mol. The summed E-state index contributed by atoms with van der Waals surface area (Å²) in [4.78, 5) is 9.69. The zero-order valence-corrected chi connectivity index (χ0v) is 16.0. The number of rotatable bonds is 5. The summed E-state index contributed by atoms with van der Waals surface area (Å²) in [6.07, 6.45) is 2.87. The molecule has 0 amide bonds. The second kappa shape index (κ2) is 8.09. The highest BCUT2D eigenvalue weighted by Gasteiger charge is 2.24. The molecule has 1 atom stereocenters. The van der Waals surface area contributed by atoms with Crippen molar-refractivity contribution < 1.29 is 9.15 Å². The summed E-state index contributed by atoms with van der Waals surface area (Å²) in [5, 5.41) is 0.669. The minimum absolute atomic E-state index is 0.442. The highest BCUT2D eigenvalue weighted by Crippen LogP contribution is 2.28. The summed E-state index contributed by atoms with van der Waals surface area (Å²) >= 11 is 6.27. The molecule has 1 unspecified atom stereocenters. The number of oxazole rings is 1. The van der Waals surface area contributed by atoms with Crippen LogP contribution in [0.1, 0.15) is 24.3 Å². The third-order valence-electron chi connectivity index (χ3n) is 5.32. The molecule has 2 aliphatic heterocycles. The topological polar surface area (TPSA) is 41.7 Å². The van der Waals surface area contributed by atoms with E-state index in [4.69, 9.17) is 25.7 Å². The van der Waals surface area contributed by atoms with Gasteiger partial charge in [-0.2, -0.15) is 0 Å². The Morgan fingerprint density at radius 2 is 1.92 bits per heavy atom. The van der Waals surface area contributed by atoms with Crippen molar-refractivity contribution in [2.24, 2.45) is 0 Å². The second-order valence-electron chi connectivity index (χ2n) is 7.21. The molecule has 1 aromatic heterocycles. The van der Waals surface area contributed by atoms with E-state index in [0.29, 0.717) is 17.0 Å². The molecule has 2 aromatic rings. The van der Waals surface area contributed by atoms with E-state index in [1.54, 1.807) is 0 Å². The molecule has 2 aliphatic rings. The molecule has 0 radical (unpaired) electrons. The van der Waals surface area contributed by atoms with Gasteiger partial charge in [0.25, 0.3) is 0 Å². The van der Waals surface area contributed by atoms with Gasteiger partial charge in [0.1, 0.15) is 5.76 Å². The van der Waals surface area contributed by atoms with Crippen LogP contribution in [-0.4, -0.2) is 60.2 Å². The molecule has 140 valence electrons. The summed E-state index contributed by atoms with van der Waals surface area (Å²) in [5.41, 5.74) is 1.86. The number of piperazine rings is 1. The van der Waals surface area contributed by atoms with Crippen LogP contribution in [0.15, 0.2) is 28.7 Å². The van der Waals surface area contributed by atoms with Crippen LogP contribution in [0.3, 0.4) is 0 Å². The predicted octanol–water partition coefficient (Wildman–Crippen LogP) is 3.60. The van der Waals surface area contributed by atoms with E-state index < -0.39 is 0 Å². The summed E-state index contributed by atoms with van der Waals surface area (Å²) < 4.78 is 11.6. The van der Waals surface area contributed by atoms with Gasteiger partial charge in [-0.3, -0.25) is 9.80 Å². The number of aryl methyl sites for hydroxylation is 1. The predicted molar refractivity (Wildman–Crippen MR) is 102 cm³/mol. The average molecular weight is 376 g/mol. The van der Waals surface area contributed by atoms with E-state index >= 15 is 0 Å². The Balaban J connectivity index is 1.34. The van der Waals surface area contributed by atoms with E-state index in [1.165, 1.54) is 12.8 Å². The van der Waals surface area contributed by atoms with Gasteiger partial charge in [-0.25, -0.2) is 4.98 Å². The molecule has 0 spiro atoms. The van der Waals surface area contributed by atoms with Crippen molar-refractivity contribution in [3.63, 3.8) is 0 Å². The smallest absolute Gasteiger partial charge is 0.228 e. The van der Waals surface area contributed by atoms with Crippen molar-refractivity contribution in [1.82, 2.24) is 14.8 Å². The number of hydrogen-bond donors (Lipinski definition) is 0. The van der Waals surface area contributed by atoms with E-state index in [1.807, 2.05) is 31.2 Å². The highest BCUT2D eigenvalue weighted by molar-refractivity contribution is 6.33. The van der Waals surface area contributed by atoms with Crippen LogP contribution in [0.4, 0.5) is 0 Å². The molecule has 26 heavy (non-hydrogen) atoms. The molecule has 3 heterocycles. The van der Waals surface area contributed by atoms with Crippen LogP contribution in [0.5, 0.6) is 0 Å². The lowest BCUT2D eigenvalue weighted by Gasteiger charge is -2.35. The Morgan fingerprint density at radius 1 is 1.15 bits per heavy atom. The number of aromatic nitrogens is 1. The van der Waals surface area contributed by atoms with Gasteiger partial charge in [0.15, 0.2) is 0 Å². The van der Waals surface area contributed by atoms with Crippen LogP contribution in [0.25, 0.3) is 11.5 Å². The second-order valence-corrected chi connectivity index (χ2v) is 7.62. The quantitative estimate of drug-likeness (QED) is 0.798. The number of hydrogen-bond acceptors (Lipinski definition) is 5. The summed E-state index contributed by atoms with van der Waals surface area (Å²) in [7, 11) is 0. The van der Waals surface area contributed by atoms with Crippen LogP contribution in [-0.2, 0) is 11.3 Å². The molecule has 6 heteroatoms. The lowest BCUT2D eigenvalue weighted by atomic mass is 10.2. The Kier molecular flexibility index (Phi) is 5.60. The van der Waals surface area contributed by atoms with Crippen molar-refractivity contribution in [2.45, 2.75) is 32.4 Å². The van der Waals surface area contributed by atoms with Crippen molar-refractivity contribution in [1.29, 1.82) is 0 Å². The van der Waals surface area contributed by atoms with Crippen LogP contribution in [0, 0.1) is 6.92 Å². The highest BCUT2D eigenvalue weighted by atomic mass is 35.5. The molecule has 4 rings (SSSR count). The van der Waals surface area contributed by atoms with E-state index in [-0.39, 0.29) is 0 Å². The normalized spacial score (nSPS) is 22.2. The zero-order chi connectivity index (χ0) is 17.9. The molecular formula is C20H26ClN3O2. The Hall–Kier alpha value is -1.40. The fourth-order valence-electron chi connectivity index (χ4n) is 3.74. The van der Waals surface area contributed by atoms with E-state index in [2.05, 4.69) is 9.80 Å². The van der Waals surface area contributed by atoms with Gasteiger partial charge in [-0.05, 0) is 31.9 Å². The summed E-state index contributed by atoms with van der Waals surface area (Å²) in [5.74, 6) is 1.49. The molecule has 0 N–H and O–H groups in total. The fourth-order valence-corrected chi connectivity index (χ4v) is 3.96. The van der Waals surface area contributed by atoms with Gasteiger partial charge in [-0.1, -0.05) is 23.7 Å². The maximum atomic E-state index is 6.27. The SMILES string of the molecule is Cc1oc(-c2ccccc2Cl)nc1CN1CCN(CC2CCCO2)CC1. The Morgan fingerprint density at radius 3 is 2.65 bits per heavy atom. The van der Waals surface area contributed by atoms with Crippen molar-refractivity contribution in [3.8, 4) is 11.5 Å². The zero-order valence-electron chi connectivity index (χ0n) is 15.3. The van der Waals surface area contributed by atoms with Gasteiger partial charge in [0, 0.05) is 45.9 Å². The maximum Gasteiger partial charge on any atom is 0.228 e. The van der Waals surface area contributed by atoms with Crippen molar-refractivity contribution in [2.75, 3.05) is 39.3 Å². The lowest BCUT2D eigenvalue weighted by molar-refractivity contribution is 0.0486. The number of benzene rings is 1. The molecule has 0 aliphatic carbocycles.